The maximum Gasteiger partial charge on any atom is 0.259 e. The molecule has 1 aliphatic rings. The SMILES string of the molecule is C=C(C)C(=O)CCCSc1c(F)c(F)c(S(=O)(=O)NS(=O)(=O)c2ccccc2C2=c3cc/c(=C\c4c(C(C)C)cccc4C(C)C)cc3Oc3cc(Cc4c(C(C)C)cccc4C(C)C)ccc32)c(F)c1F. The molecule has 0 saturated carbocycles. The number of ether oxygens (including phenoxy) is 1. The van der Waals surface area contributed by atoms with Crippen molar-refractivity contribution < 1.29 is 43.9 Å². The number of nitrogens with one attached hydrogen (secondary N) is 1. The van der Waals surface area contributed by atoms with E-state index < -0.39 is 58.0 Å². The molecule has 6 aromatic rings. The number of hydrogen-bond acceptors (Lipinski definition) is 7. The van der Waals surface area contributed by atoms with Gasteiger partial charge in [-0.2, -0.15) is 0 Å². The summed E-state index contributed by atoms with van der Waals surface area (Å²) in [4.78, 5) is 8.00. The molecule has 0 spiro atoms. The maximum absolute atomic E-state index is 15.7. The van der Waals surface area contributed by atoms with Gasteiger partial charge in [-0.25, -0.2) is 34.4 Å². The van der Waals surface area contributed by atoms with Crippen molar-refractivity contribution in [3.63, 3.8) is 0 Å². The highest BCUT2D eigenvalue weighted by Crippen LogP contribution is 2.41. The van der Waals surface area contributed by atoms with Crippen LogP contribution in [0.1, 0.15) is 149 Å². The molecule has 1 heterocycles. The van der Waals surface area contributed by atoms with E-state index in [2.05, 4.69) is 104 Å². The first-order chi connectivity index (χ1) is 33.9. The molecule has 378 valence electrons. The van der Waals surface area contributed by atoms with Crippen LogP contribution < -0.4 is 19.3 Å². The van der Waals surface area contributed by atoms with Gasteiger partial charge in [0.05, 0.1) is 9.79 Å². The Morgan fingerprint density at radius 1 is 0.667 bits per heavy atom. The normalized spacial score (nSPS) is 13.0. The molecule has 0 bridgehead atoms. The lowest BCUT2D eigenvalue weighted by Crippen LogP contribution is -2.33. The van der Waals surface area contributed by atoms with Crippen molar-refractivity contribution in [1.82, 2.24) is 4.13 Å². The molecule has 0 saturated heterocycles. The topological polar surface area (TPSA) is 107 Å². The number of allylic oxidation sites excluding steroid dienone is 1. The average molecular weight is 1040 g/mol. The largest absolute Gasteiger partial charge is 0.456 e. The van der Waals surface area contributed by atoms with Gasteiger partial charge >= 0.3 is 0 Å². The second-order valence-electron chi connectivity index (χ2n) is 19.4. The van der Waals surface area contributed by atoms with Gasteiger partial charge in [0.15, 0.2) is 33.9 Å². The van der Waals surface area contributed by atoms with Gasteiger partial charge in [-0.3, -0.25) is 4.79 Å². The van der Waals surface area contributed by atoms with Crippen molar-refractivity contribution >= 4 is 49.2 Å². The molecule has 0 radical (unpaired) electrons. The number of benzene rings is 6. The third kappa shape index (κ3) is 11.1. The summed E-state index contributed by atoms with van der Waals surface area (Å²) in [7, 11) is -11.2. The molecule has 0 aromatic heterocycles. The molecule has 7 rings (SSSR count). The summed E-state index contributed by atoms with van der Waals surface area (Å²) < 4.78 is 127. The predicted molar refractivity (Wildman–Crippen MR) is 279 cm³/mol. The summed E-state index contributed by atoms with van der Waals surface area (Å²) in [6.07, 6.45) is 2.69. The van der Waals surface area contributed by atoms with Crippen LogP contribution in [0.2, 0.25) is 0 Å². The molecular weight excluding hydrogens is 979 g/mol. The Bertz CT molecular complexity index is 3410. The first-order valence-corrected chi connectivity index (χ1v) is 27.9. The van der Waals surface area contributed by atoms with Gasteiger partial charge in [-0.15, -0.1) is 15.9 Å². The standard InChI is InChI=1S/C58H59F4NO6S3/c1-32(2)39-17-13-18-40(33(3)4)46(39)28-37-23-25-43-49(30-37)69-50-31-38(29-47-41(34(5)6)19-14-20-42(47)35(7)8)24-26-44(50)52(43)45-16-11-12-22-51(45)71(65,66)63-72(67,68)58-55(61)53(59)57(54(60)56(58)62)70-27-15-21-48(64)36(9)10/h11-14,16-20,22-26,28,30-35,63H,9,15,21,27,29H2,1-8,10H3/b37-28+. The lowest BCUT2D eigenvalue weighted by atomic mass is 9.85. The number of carbonyl (C=O) groups excluding carboxylic acids is 1. The van der Waals surface area contributed by atoms with E-state index in [0.29, 0.717) is 46.0 Å². The fourth-order valence-corrected chi connectivity index (χ4v) is 13.4. The van der Waals surface area contributed by atoms with Gasteiger partial charge in [0.2, 0.25) is 0 Å². The highest BCUT2D eigenvalue weighted by molar-refractivity contribution is 8.04. The van der Waals surface area contributed by atoms with Crippen LogP contribution in [-0.2, 0) is 31.3 Å². The summed E-state index contributed by atoms with van der Waals surface area (Å²) in [6.45, 7) is 22.2. The first kappa shape index (κ1) is 54.0. The number of hydrogen-bond donors (Lipinski definition) is 1. The molecule has 0 fully saturated rings. The van der Waals surface area contributed by atoms with Crippen molar-refractivity contribution in [2.75, 3.05) is 5.75 Å². The number of rotatable bonds is 18. The minimum Gasteiger partial charge on any atom is -0.456 e. The second kappa shape index (κ2) is 21.7. The van der Waals surface area contributed by atoms with Crippen LogP contribution in [0.15, 0.2) is 124 Å². The fourth-order valence-electron chi connectivity index (χ4n) is 9.21. The van der Waals surface area contributed by atoms with Crippen molar-refractivity contribution in [2.45, 2.75) is 120 Å². The molecule has 0 aliphatic carbocycles. The fraction of sp³-hybridized carbons (Fsp3) is 0.293. The molecule has 72 heavy (non-hydrogen) atoms. The third-order valence-electron chi connectivity index (χ3n) is 12.8. The first-order valence-electron chi connectivity index (χ1n) is 23.9. The van der Waals surface area contributed by atoms with Gasteiger partial charge in [-0.1, -0.05) is 135 Å². The smallest absolute Gasteiger partial charge is 0.259 e. The average Bonchev–Trinajstić information content (AvgIpc) is 3.31. The summed E-state index contributed by atoms with van der Waals surface area (Å²) in [5.74, 6) is -7.48. The Morgan fingerprint density at radius 3 is 1.81 bits per heavy atom. The number of thioether (sulfide) groups is 1. The Balaban J connectivity index is 1.38. The van der Waals surface area contributed by atoms with E-state index in [9.17, 15) is 21.6 Å². The zero-order valence-corrected chi connectivity index (χ0v) is 44.3. The summed E-state index contributed by atoms with van der Waals surface area (Å²) in [5, 5.41) is 1.26. The molecule has 7 nitrogen and oxygen atoms in total. The maximum atomic E-state index is 15.7. The molecule has 6 aromatic carbocycles. The van der Waals surface area contributed by atoms with E-state index in [1.165, 1.54) is 39.9 Å². The van der Waals surface area contributed by atoms with Crippen LogP contribution in [0, 0.1) is 23.3 Å². The van der Waals surface area contributed by atoms with Crippen LogP contribution in [-0.4, -0.2) is 28.4 Å². The van der Waals surface area contributed by atoms with Gasteiger partial charge in [0, 0.05) is 28.3 Å². The van der Waals surface area contributed by atoms with Gasteiger partial charge < -0.3 is 4.74 Å². The Morgan fingerprint density at radius 2 is 1.24 bits per heavy atom. The van der Waals surface area contributed by atoms with Gasteiger partial charge in [-0.05, 0) is 129 Å². The van der Waals surface area contributed by atoms with Crippen molar-refractivity contribution in [2.24, 2.45) is 0 Å². The Kier molecular flexibility index (Phi) is 16.3. The molecule has 1 N–H and O–H groups in total. The quantitative estimate of drug-likeness (QED) is 0.0300. The van der Waals surface area contributed by atoms with Crippen molar-refractivity contribution in [1.29, 1.82) is 0 Å². The summed E-state index contributed by atoms with van der Waals surface area (Å²) in [5.41, 5.74) is 9.02. The van der Waals surface area contributed by atoms with E-state index in [-0.39, 0.29) is 59.2 Å². The van der Waals surface area contributed by atoms with Crippen LogP contribution in [0.5, 0.6) is 11.5 Å². The van der Waals surface area contributed by atoms with E-state index in [1.807, 2.05) is 30.3 Å². The minimum atomic E-state index is -5.88. The molecule has 14 heteroatoms. The van der Waals surface area contributed by atoms with Crippen LogP contribution in [0.4, 0.5) is 17.6 Å². The summed E-state index contributed by atoms with van der Waals surface area (Å²) in [6, 6.07) is 29.4. The number of carbonyl (C=O) groups is 1. The van der Waals surface area contributed by atoms with Gasteiger partial charge in [0.25, 0.3) is 20.0 Å². The number of Topliss-reactive ketones (excluding diaryl/α,β-unsaturated/α-hetero) is 1. The van der Waals surface area contributed by atoms with E-state index in [1.54, 1.807) is 12.1 Å². The van der Waals surface area contributed by atoms with Crippen LogP contribution >= 0.6 is 11.8 Å². The molecule has 0 amide bonds. The number of ketones is 1. The lowest BCUT2D eigenvalue weighted by Gasteiger charge is -2.24. The zero-order chi connectivity index (χ0) is 52.6. The predicted octanol–water partition coefficient (Wildman–Crippen LogP) is 13.2. The Labute approximate surface area is 425 Å². The number of halogens is 4. The summed E-state index contributed by atoms with van der Waals surface area (Å²) >= 11 is 0.340. The molecule has 0 atom stereocenters. The molecular formula is C58H59F4NO6S3. The highest BCUT2D eigenvalue weighted by atomic mass is 32.3. The van der Waals surface area contributed by atoms with Crippen molar-refractivity contribution in [3.8, 4) is 11.5 Å². The number of fused-ring (bicyclic) bond motifs is 2. The van der Waals surface area contributed by atoms with Crippen LogP contribution in [0.3, 0.4) is 0 Å². The molecule has 0 unspecified atom stereocenters. The lowest BCUT2D eigenvalue weighted by molar-refractivity contribution is -0.115. The zero-order valence-electron chi connectivity index (χ0n) is 41.8. The third-order valence-corrected chi connectivity index (χ3v) is 17.5. The molecule has 1 aliphatic heterocycles. The minimum absolute atomic E-state index is 0.00478. The van der Waals surface area contributed by atoms with Crippen LogP contribution in [0.25, 0.3) is 11.6 Å². The van der Waals surface area contributed by atoms with Gasteiger partial charge in [0.1, 0.15) is 11.5 Å². The van der Waals surface area contributed by atoms with E-state index in [0.717, 1.165) is 33.5 Å². The van der Waals surface area contributed by atoms with Crippen molar-refractivity contribution in [3.05, 3.63) is 193 Å². The Hall–Kier alpha value is -5.80. The second-order valence-corrected chi connectivity index (χ2v) is 24.1. The monoisotopic (exact) mass is 1040 g/mol. The number of sulfonamides is 2. The van der Waals surface area contributed by atoms with E-state index in [4.69, 9.17) is 4.74 Å². The highest BCUT2D eigenvalue weighted by Gasteiger charge is 2.37. The van der Waals surface area contributed by atoms with E-state index >= 15 is 17.6 Å².